The van der Waals surface area contributed by atoms with Crippen LogP contribution in [0.15, 0.2) is 0 Å². The van der Waals surface area contributed by atoms with Gasteiger partial charge in [-0.2, -0.15) is 0 Å². The van der Waals surface area contributed by atoms with E-state index in [0.29, 0.717) is 0 Å². The zero-order chi connectivity index (χ0) is 4.00. The van der Waals surface area contributed by atoms with Crippen molar-refractivity contribution in [1.29, 1.82) is 0 Å². The molecule has 0 bridgehead atoms. The molecule has 0 aliphatic carbocycles. The van der Waals surface area contributed by atoms with Crippen molar-refractivity contribution in [3.8, 4) is 0 Å². The van der Waals surface area contributed by atoms with E-state index >= 15 is 0 Å². The van der Waals surface area contributed by atoms with Crippen LogP contribution >= 0.6 is 0 Å². The molecule has 0 aliphatic heterocycles. The van der Waals surface area contributed by atoms with E-state index in [1.807, 2.05) is 0 Å². The van der Waals surface area contributed by atoms with Crippen LogP contribution in [-0.4, -0.2) is 21.2 Å². The zero-order valence-electron chi connectivity index (χ0n) is 2.75. The summed E-state index contributed by atoms with van der Waals surface area (Å²) >= 11 is 0. The van der Waals surface area contributed by atoms with E-state index in [4.69, 9.17) is 21.0 Å². The molecule has 0 aliphatic rings. The quantitative estimate of drug-likeness (QED) is 0.354. The Morgan fingerprint density at radius 1 is 1.00 bits per heavy atom. The second-order valence-corrected chi connectivity index (χ2v) is 0. The summed E-state index contributed by atoms with van der Waals surface area (Å²) in [5.41, 5.74) is 0. The average molecular weight is 323 g/mol. The summed E-state index contributed by atoms with van der Waals surface area (Å²) in [7, 11) is 0. The predicted molar refractivity (Wildman–Crippen MR) is 11.5 cm³/mol. The van der Waals surface area contributed by atoms with E-state index in [1.165, 1.54) is 0 Å². The third-order valence-electron chi connectivity index (χ3n) is 0. The molecule has 0 radical (unpaired) electrons. The standard InChI is InChI=1S/2H2O2.H2O.U/c2*1-2;;/h2*1-2H;1H2;/p-1. The van der Waals surface area contributed by atoms with Gasteiger partial charge in [-0.3, -0.25) is 10.5 Å². The second-order valence-electron chi connectivity index (χ2n) is 0. The van der Waals surface area contributed by atoms with Crippen molar-refractivity contribution in [2.24, 2.45) is 0 Å². The van der Waals surface area contributed by atoms with Crippen molar-refractivity contribution in [3.63, 3.8) is 0 Å². The molecule has 5 N–H and O–H groups in total. The van der Waals surface area contributed by atoms with Gasteiger partial charge in [-0.25, -0.2) is 0 Å². The van der Waals surface area contributed by atoms with Gasteiger partial charge in [0.05, 0.1) is 0 Å². The van der Waals surface area contributed by atoms with Crippen LogP contribution in [0.25, 0.3) is 0 Å². The van der Waals surface area contributed by atoms with Crippen LogP contribution in [0.5, 0.6) is 0 Å². The molecule has 0 unspecified atom stereocenters. The van der Waals surface area contributed by atoms with E-state index < -0.39 is 0 Å². The minimum Gasteiger partial charge on any atom is -0.727 e. The molecular weight excluding hydrogens is 318 g/mol. The van der Waals surface area contributed by atoms with Crippen LogP contribution in [0.3, 0.4) is 0 Å². The van der Waals surface area contributed by atoms with E-state index in [0.717, 1.165) is 0 Å². The third-order valence-corrected chi connectivity index (χ3v) is 0. The molecule has 0 heterocycles. The van der Waals surface area contributed by atoms with Gasteiger partial charge < -0.3 is 16.0 Å². The molecule has 0 spiro atoms. The molecule has 0 atom stereocenters. The minimum atomic E-state index is 0. The summed E-state index contributed by atoms with van der Waals surface area (Å²) in [4.78, 5) is 0. The summed E-state index contributed by atoms with van der Waals surface area (Å²) in [5, 5.41) is 25.0. The maximum Gasteiger partial charge on any atom is 0 e. The fourth-order valence-corrected chi connectivity index (χ4v) is 0. The molecule has 6 heavy (non-hydrogen) atoms. The van der Waals surface area contributed by atoms with Crippen LogP contribution in [0.4, 0.5) is 0 Å². The summed E-state index contributed by atoms with van der Waals surface area (Å²) in [5.74, 6) is 0. The Labute approximate surface area is 57.8 Å². The van der Waals surface area contributed by atoms with Gasteiger partial charge in [0.1, 0.15) is 0 Å². The number of hydrogen-bond acceptors (Lipinski definition) is 4. The Hall–Kier alpha value is 0.852. The van der Waals surface area contributed by atoms with Crippen molar-refractivity contribution in [2.75, 3.05) is 0 Å². The van der Waals surface area contributed by atoms with Crippen molar-refractivity contribution < 1.29 is 57.6 Å². The molecule has 6 heteroatoms. The Morgan fingerprint density at radius 3 is 1.00 bits per heavy atom. The topological polar surface area (TPSA) is 115 Å². The Balaban J connectivity index is -0.00000000500. The number of rotatable bonds is 0. The van der Waals surface area contributed by atoms with E-state index in [9.17, 15) is 0 Å². The van der Waals surface area contributed by atoms with Crippen molar-refractivity contribution in [3.05, 3.63) is 0 Å². The van der Waals surface area contributed by atoms with Gasteiger partial charge in [-0.1, -0.05) is 0 Å². The van der Waals surface area contributed by atoms with Crippen LogP contribution in [0.2, 0.25) is 0 Å². The minimum absolute atomic E-state index is 0. The molecule has 0 aromatic heterocycles. The largest absolute Gasteiger partial charge is 0.727 e. The van der Waals surface area contributed by atoms with Gasteiger partial charge in [-0.15, -0.1) is 0 Å². The van der Waals surface area contributed by atoms with Crippen LogP contribution < -0.4 is 5.26 Å². The molecule has 0 aromatic rings. The van der Waals surface area contributed by atoms with Crippen LogP contribution in [0.1, 0.15) is 0 Å². The van der Waals surface area contributed by atoms with Gasteiger partial charge in [0.25, 0.3) is 0 Å². The number of hydrogen-bond donors (Lipinski definition) is 3. The normalized spacial score (nSPS) is 2.00. The smallest absolute Gasteiger partial charge is 0 e. The fraction of sp³-hybridized carbons (Fsp3) is 0. The first-order valence-electron chi connectivity index (χ1n) is 0.383. The van der Waals surface area contributed by atoms with Crippen molar-refractivity contribution >= 4 is 0 Å². The van der Waals surface area contributed by atoms with Crippen molar-refractivity contribution in [1.82, 2.24) is 0 Å². The fourth-order valence-electron chi connectivity index (χ4n) is 0. The summed E-state index contributed by atoms with van der Waals surface area (Å²) in [6, 6.07) is 0. The van der Waals surface area contributed by atoms with Gasteiger partial charge in [0.2, 0.25) is 0 Å². The Bertz CT molecular complexity index is 3.90. The average Bonchev–Trinajstić information content (AvgIpc) is 1.50. The SMILES string of the molecule is O.OO.[O-]O.[U]. The molecular formula is H5O5U-. The van der Waals surface area contributed by atoms with Gasteiger partial charge in [-0.05, 0) is 0 Å². The van der Waals surface area contributed by atoms with Gasteiger partial charge in [0, 0.05) is 31.1 Å². The summed E-state index contributed by atoms with van der Waals surface area (Å²) < 4.78 is 0. The molecule has 0 aromatic carbocycles. The second kappa shape index (κ2) is 190. The maximum atomic E-state index is 7.25. The van der Waals surface area contributed by atoms with E-state index in [1.54, 1.807) is 0 Å². The molecule has 0 saturated heterocycles. The molecule has 0 fully saturated rings. The predicted octanol–water partition coefficient (Wildman–Crippen LogP) is -1.99. The van der Waals surface area contributed by atoms with E-state index in [-0.39, 0.29) is 36.6 Å². The van der Waals surface area contributed by atoms with Crippen LogP contribution in [0, 0.1) is 31.1 Å². The van der Waals surface area contributed by atoms with Gasteiger partial charge >= 0.3 is 0 Å². The first-order chi connectivity index (χ1) is 2.00. The molecule has 40 valence electrons. The Morgan fingerprint density at radius 2 is 1.00 bits per heavy atom. The summed E-state index contributed by atoms with van der Waals surface area (Å²) in [6.45, 7) is 0. The molecule has 0 saturated carbocycles. The monoisotopic (exact) mass is 323 g/mol. The first kappa shape index (κ1) is 28.8. The Kier molecular flexibility index (Phi) is 913. The molecule has 5 nitrogen and oxygen atoms in total. The van der Waals surface area contributed by atoms with Crippen LogP contribution in [-0.2, 0) is 0 Å². The zero-order valence-corrected chi connectivity index (χ0v) is 6.91. The first-order valence-corrected chi connectivity index (χ1v) is 0.383. The van der Waals surface area contributed by atoms with Crippen molar-refractivity contribution in [2.45, 2.75) is 0 Å². The molecule has 0 rings (SSSR count). The maximum absolute atomic E-state index is 7.25. The van der Waals surface area contributed by atoms with Gasteiger partial charge in [0.15, 0.2) is 0 Å². The third kappa shape index (κ3) is 99.2. The summed E-state index contributed by atoms with van der Waals surface area (Å²) in [6.07, 6.45) is 0. The molecule has 0 amide bonds. The van der Waals surface area contributed by atoms with E-state index in [2.05, 4.69) is 0 Å².